The third-order valence-corrected chi connectivity index (χ3v) is 2.64. The number of aliphatic hydroxyl groups excluding tert-OH is 1. The van der Waals surface area contributed by atoms with Crippen molar-refractivity contribution in [2.45, 2.75) is 6.10 Å². The number of hydrogen-bond donors (Lipinski definition) is 2. The van der Waals surface area contributed by atoms with Crippen LogP contribution in [0.15, 0.2) is 6.07 Å². The molecule has 0 aliphatic carbocycles. The smallest absolute Gasteiger partial charge is 0.339 e. The molecular weight excluding hydrogens is 264 g/mol. The molecule has 0 spiro atoms. The first-order valence-corrected chi connectivity index (χ1v) is 5.24. The van der Waals surface area contributed by atoms with E-state index >= 15 is 0 Å². The molecule has 0 radical (unpaired) electrons. The molecule has 6 nitrogen and oxygen atoms in total. The van der Waals surface area contributed by atoms with Crippen molar-refractivity contribution in [1.29, 1.82) is 0 Å². The number of aromatic hydroxyl groups is 1. The highest BCUT2D eigenvalue weighted by molar-refractivity contribution is 6.32. The second-order valence-corrected chi connectivity index (χ2v) is 3.69. The lowest BCUT2D eigenvalue weighted by atomic mass is 10.1. The summed E-state index contributed by atoms with van der Waals surface area (Å²) in [7, 11) is 3.78. The van der Waals surface area contributed by atoms with Crippen molar-refractivity contribution in [3.05, 3.63) is 16.7 Å². The van der Waals surface area contributed by atoms with E-state index in [1.54, 1.807) is 0 Å². The van der Waals surface area contributed by atoms with Crippen LogP contribution in [-0.2, 0) is 9.53 Å². The van der Waals surface area contributed by atoms with Gasteiger partial charge in [0.25, 0.3) is 0 Å². The van der Waals surface area contributed by atoms with Crippen LogP contribution in [0.5, 0.6) is 17.2 Å². The van der Waals surface area contributed by atoms with Crippen molar-refractivity contribution in [3.63, 3.8) is 0 Å². The Labute approximate surface area is 109 Å². The standard InChI is InChI=1S/C11H13ClO6/c1-16-6-4-5(12)7(8(13)10(6)17-2)9(14)11(15)18-3/h4,9,13-14H,1-3H3. The van der Waals surface area contributed by atoms with Crippen molar-refractivity contribution in [3.8, 4) is 17.2 Å². The fourth-order valence-corrected chi connectivity index (χ4v) is 1.74. The molecule has 1 rings (SSSR count). The van der Waals surface area contributed by atoms with Crippen molar-refractivity contribution >= 4 is 17.6 Å². The highest BCUT2D eigenvalue weighted by atomic mass is 35.5. The number of esters is 1. The zero-order valence-electron chi connectivity index (χ0n) is 10.1. The van der Waals surface area contributed by atoms with Gasteiger partial charge < -0.3 is 24.4 Å². The van der Waals surface area contributed by atoms with Gasteiger partial charge in [0.15, 0.2) is 17.6 Å². The zero-order valence-corrected chi connectivity index (χ0v) is 10.8. The van der Waals surface area contributed by atoms with E-state index in [-0.39, 0.29) is 22.1 Å². The maximum absolute atomic E-state index is 11.3. The van der Waals surface area contributed by atoms with Gasteiger partial charge in [-0.2, -0.15) is 0 Å². The number of aliphatic hydroxyl groups is 1. The number of methoxy groups -OCH3 is 3. The minimum absolute atomic E-state index is 0.0279. The van der Waals surface area contributed by atoms with Gasteiger partial charge in [-0.1, -0.05) is 11.6 Å². The number of phenolic OH excluding ortho intramolecular Hbond substituents is 1. The maximum atomic E-state index is 11.3. The predicted molar refractivity (Wildman–Crippen MR) is 63.2 cm³/mol. The first-order chi connectivity index (χ1) is 8.47. The number of phenols is 1. The Hall–Kier alpha value is -1.66. The van der Waals surface area contributed by atoms with E-state index in [1.165, 1.54) is 20.3 Å². The molecule has 0 saturated carbocycles. The molecule has 0 aliphatic heterocycles. The van der Waals surface area contributed by atoms with Crippen LogP contribution in [0.2, 0.25) is 5.02 Å². The Bertz CT molecular complexity index is 459. The second kappa shape index (κ2) is 5.79. The molecular formula is C11H13ClO6. The molecule has 2 N–H and O–H groups in total. The average Bonchev–Trinajstić information content (AvgIpc) is 2.36. The first kappa shape index (κ1) is 14.4. The van der Waals surface area contributed by atoms with Crippen molar-refractivity contribution in [2.75, 3.05) is 21.3 Å². The third kappa shape index (κ3) is 2.44. The van der Waals surface area contributed by atoms with Crippen molar-refractivity contribution in [1.82, 2.24) is 0 Å². The second-order valence-electron chi connectivity index (χ2n) is 3.28. The third-order valence-electron chi connectivity index (χ3n) is 2.33. The van der Waals surface area contributed by atoms with Gasteiger partial charge in [0.1, 0.15) is 0 Å². The summed E-state index contributed by atoms with van der Waals surface area (Å²) < 4.78 is 14.3. The van der Waals surface area contributed by atoms with Gasteiger partial charge in [-0.3, -0.25) is 0 Å². The molecule has 1 unspecified atom stereocenters. The van der Waals surface area contributed by atoms with Gasteiger partial charge in [-0.05, 0) is 0 Å². The Morgan fingerprint density at radius 2 is 1.94 bits per heavy atom. The van der Waals surface area contributed by atoms with Crippen LogP contribution in [0.1, 0.15) is 11.7 Å². The molecule has 0 heterocycles. The van der Waals surface area contributed by atoms with E-state index in [0.29, 0.717) is 0 Å². The van der Waals surface area contributed by atoms with Crippen LogP contribution in [0.4, 0.5) is 0 Å². The lowest BCUT2D eigenvalue weighted by Crippen LogP contribution is -2.14. The summed E-state index contributed by atoms with van der Waals surface area (Å²) in [6.45, 7) is 0. The number of halogens is 1. The minimum atomic E-state index is -1.71. The van der Waals surface area contributed by atoms with Gasteiger partial charge in [0, 0.05) is 6.07 Å². The minimum Gasteiger partial charge on any atom is -0.504 e. The van der Waals surface area contributed by atoms with Gasteiger partial charge in [-0.25, -0.2) is 4.79 Å². The quantitative estimate of drug-likeness (QED) is 0.806. The monoisotopic (exact) mass is 276 g/mol. The largest absolute Gasteiger partial charge is 0.504 e. The van der Waals surface area contributed by atoms with Crippen LogP contribution >= 0.6 is 11.6 Å². The van der Waals surface area contributed by atoms with Crippen molar-refractivity contribution in [2.24, 2.45) is 0 Å². The van der Waals surface area contributed by atoms with Gasteiger partial charge in [0.05, 0.1) is 31.9 Å². The van der Waals surface area contributed by atoms with E-state index in [9.17, 15) is 15.0 Å². The summed E-state index contributed by atoms with van der Waals surface area (Å²) in [6.07, 6.45) is -1.71. The number of ether oxygens (including phenoxy) is 3. The molecule has 18 heavy (non-hydrogen) atoms. The number of carbonyl (C=O) groups excluding carboxylic acids is 1. The van der Waals surface area contributed by atoms with Gasteiger partial charge >= 0.3 is 5.97 Å². The van der Waals surface area contributed by atoms with E-state index in [0.717, 1.165) is 7.11 Å². The molecule has 0 fully saturated rings. The highest BCUT2D eigenvalue weighted by Gasteiger charge is 2.28. The van der Waals surface area contributed by atoms with Gasteiger partial charge in [-0.15, -0.1) is 0 Å². The molecule has 0 saturated heterocycles. The number of hydrogen-bond acceptors (Lipinski definition) is 6. The van der Waals surface area contributed by atoms with Crippen LogP contribution in [0, 0.1) is 0 Å². The molecule has 1 atom stereocenters. The normalized spacial score (nSPS) is 11.8. The Balaban J connectivity index is 3.41. The van der Waals surface area contributed by atoms with Crippen LogP contribution in [-0.4, -0.2) is 37.5 Å². The van der Waals surface area contributed by atoms with E-state index < -0.39 is 17.8 Å². The summed E-state index contributed by atoms with van der Waals surface area (Å²) in [5, 5.41) is 19.6. The first-order valence-electron chi connectivity index (χ1n) is 4.87. The van der Waals surface area contributed by atoms with E-state index in [4.69, 9.17) is 21.1 Å². The summed E-state index contributed by atoms with van der Waals surface area (Å²) in [5.74, 6) is -1.26. The molecule has 0 aliphatic rings. The average molecular weight is 277 g/mol. The van der Waals surface area contributed by atoms with Gasteiger partial charge in [0.2, 0.25) is 5.75 Å². The Morgan fingerprint density at radius 3 is 2.39 bits per heavy atom. The maximum Gasteiger partial charge on any atom is 0.339 e. The molecule has 0 bridgehead atoms. The molecule has 100 valence electrons. The molecule has 0 aromatic heterocycles. The van der Waals surface area contributed by atoms with Crippen LogP contribution < -0.4 is 9.47 Å². The summed E-state index contributed by atoms with van der Waals surface area (Å²) in [5.41, 5.74) is -0.193. The zero-order chi connectivity index (χ0) is 13.9. The lowest BCUT2D eigenvalue weighted by Gasteiger charge is -2.17. The van der Waals surface area contributed by atoms with Crippen molar-refractivity contribution < 1.29 is 29.2 Å². The SMILES string of the molecule is COC(=O)C(O)c1c(Cl)cc(OC)c(OC)c1O. The number of benzene rings is 1. The fraction of sp³-hybridized carbons (Fsp3) is 0.364. The number of rotatable bonds is 4. The van der Waals surface area contributed by atoms with Crippen LogP contribution in [0.25, 0.3) is 0 Å². The summed E-state index contributed by atoms with van der Waals surface area (Å²) in [4.78, 5) is 11.3. The molecule has 1 aromatic carbocycles. The lowest BCUT2D eigenvalue weighted by molar-refractivity contribution is -0.150. The Morgan fingerprint density at radius 1 is 1.33 bits per heavy atom. The topological polar surface area (TPSA) is 85.2 Å². The van der Waals surface area contributed by atoms with Crippen LogP contribution in [0.3, 0.4) is 0 Å². The molecule has 0 amide bonds. The summed E-state index contributed by atoms with van der Waals surface area (Å²) in [6, 6.07) is 1.32. The fourth-order valence-electron chi connectivity index (χ4n) is 1.45. The number of carbonyl (C=O) groups is 1. The van der Waals surface area contributed by atoms with E-state index in [2.05, 4.69) is 4.74 Å². The molecule has 7 heteroatoms. The highest BCUT2D eigenvalue weighted by Crippen LogP contribution is 2.45. The summed E-state index contributed by atoms with van der Waals surface area (Å²) >= 11 is 5.87. The Kier molecular flexibility index (Phi) is 4.63. The molecule has 1 aromatic rings. The predicted octanol–water partition coefficient (Wildman–Crippen LogP) is 1.27. The van der Waals surface area contributed by atoms with E-state index in [1.807, 2.05) is 0 Å².